The lowest BCUT2D eigenvalue weighted by Gasteiger charge is -2.15. The van der Waals surface area contributed by atoms with Crippen LogP contribution in [0.3, 0.4) is 0 Å². The second kappa shape index (κ2) is 8.73. The quantitative estimate of drug-likeness (QED) is 0.690. The number of carboxylic acid groups (broad SMARTS) is 1. The first kappa shape index (κ1) is 20.5. The Morgan fingerprint density at radius 2 is 1.78 bits per heavy atom. The summed E-state index contributed by atoms with van der Waals surface area (Å²) < 4.78 is 5.67. The van der Waals surface area contributed by atoms with Gasteiger partial charge in [-0.25, -0.2) is 4.79 Å². The van der Waals surface area contributed by atoms with E-state index in [9.17, 15) is 14.7 Å². The highest BCUT2D eigenvalue weighted by Crippen LogP contribution is 2.24. The third kappa shape index (κ3) is 6.79. The van der Waals surface area contributed by atoms with Crippen LogP contribution < -0.4 is 10.1 Å². The smallest absolute Gasteiger partial charge is 0.330 e. The van der Waals surface area contributed by atoms with Crippen LogP contribution in [0, 0.1) is 5.41 Å². The van der Waals surface area contributed by atoms with Gasteiger partial charge >= 0.3 is 5.97 Å². The van der Waals surface area contributed by atoms with E-state index in [2.05, 4.69) is 5.32 Å². The molecule has 0 heterocycles. The SMILES string of the molecule is CC(C)(C)/C=C/[C@@H](NC(=O)c1ccc(Oc2cccc(Cl)c2)cc1)C(=O)O. The molecule has 0 aliphatic rings. The molecule has 0 saturated carbocycles. The van der Waals surface area contributed by atoms with E-state index in [1.807, 2.05) is 20.8 Å². The monoisotopic (exact) mass is 387 g/mol. The zero-order chi connectivity index (χ0) is 20.0. The minimum absolute atomic E-state index is 0.183. The van der Waals surface area contributed by atoms with E-state index in [4.69, 9.17) is 16.3 Å². The van der Waals surface area contributed by atoms with Gasteiger partial charge in [0.15, 0.2) is 0 Å². The molecule has 27 heavy (non-hydrogen) atoms. The number of hydrogen-bond donors (Lipinski definition) is 2. The summed E-state index contributed by atoms with van der Waals surface area (Å²) in [5.41, 5.74) is 0.154. The average Bonchev–Trinajstić information content (AvgIpc) is 2.58. The molecule has 0 fully saturated rings. The molecule has 6 heteroatoms. The van der Waals surface area contributed by atoms with Gasteiger partial charge in [0.25, 0.3) is 5.91 Å². The van der Waals surface area contributed by atoms with Gasteiger partial charge in [0.1, 0.15) is 17.5 Å². The van der Waals surface area contributed by atoms with Crippen LogP contribution in [0.4, 0.5) is 0 Å². The predicted molar refractivity (Wildman–Crippen MR) is 105 cm³/mol. The predicted octanol–water partition coefficient (Wildman–Crippen LogP) is 4.92. The highest BCUT2D eigenvalue weighted by molar-refractivity contribution is 6.30. The Morgan fingerprint density at radius 3 is 2.33 bits per heavy atom. The number of benzene rings is 2. The van der Waals surface area contributed by atoms with Crippen LogP contribution >= 0.6 is 11.6 Å². The molecule has 0 saturated heterocycles. The summed E-state index contributed by atoms with van der Waals surface area (Å²) >= 11 is 5.92. The first-order valence-corrected chi connectivity index (χ1v) is 8.78. The van der Waals surface area contributed by atoms with Gasteiger partial charge in [0, 0.05) is 10.6 Å². The summed E-state index contributed by atoms with van der Waals surface area (Å²) in [4.78, 5) is 23.7. The van der Waals surface area contributed by atoms with Gasteiger partial charge in [-0.3, -0.25) is 4.79 Å². The largest absolute Gasteiger partial charge is 0.479 e. The van der Waals surface area contributed by atoms with Crippen molar-refractivity contribution in [3.05, 3.63) is 71.3 Å². The Labute approximate surface area is 163 Å². The fraction of sp³-hybridized carbons (Fsp3) is 0.238. The zero-order valence-electron chi connectivity index (χ0n) is 15.4. The van der Waals surface area contributed by atoms with E-state index >= 15 is 0 Å². The standard InChI is InChI=1S/C21H22ClNO4/c1-21(2,3)12-11-18(20(25)26)23-19(24)14-7-9-16(10-8-14)27-17-6-4-5-15(22)13-17/h4-13,18H,1-3H3,(H,23,24)(H,25,26)/b12-11+/t18-/m1/s1. The molecule has 0 spiro atoms. The second-order valence-corrected chi connectivity index (χ2v) is 7.53. The number of carbonyl (C=O) groups is 2. The molecule has 0 aromatic heterocycles. The third-order valence-electron chi connectivity index (χ3n) is 3.49. The van der Waals surface area contributed by atoms with Crippen LogP contribution in [0.1, 0.15) is 31.1 Å². The summed E-state index contributed by atoms with van der Waals surface area (Å²) in [6, 6.07) is 12.3. The molecule has 0 aliphatic carbocycles. The maximum absolute atomic E-state index is 12.3. The number of carboxylic acids is 1. The highest BCUT2D eigenvalue weighted by atomic mass is 35.5. The number of aliphatic carboxylic acids is 1. The third-order valence-corrected chi connectivity index (χ3v) is 3.72. The maximum atomic E-state index is 12.3. The first-order chi connectivity index (χ1) is 12.6. The molecular formula is C21H22ClNO4. The van der Waals surface area contributed by atoms with Gasteiger partial charge in [-0.2, -0.15) is 0 Å². The van der Waals surface area contributed by atoms with Crippen molar-refractivity contribution in [1.82, 2.24) is 5.32 Å². The molecule has 0 unspecified atom stereocenters. The van der Waals surface area contributed by atoms with Gasteiger partial charge in [-0.1, -0.05) is 50.6 Å². The summed E-state index contributed by atoms with van der Waals surface area (Å²) in [5.74, 6) is -0.478. The van der Waals surface area contributed by atoms with Crippen molar-refractivity contribution in [1.29, 1.82) is 0 Å². The van der Waals surface area contributed by atoms with E-state index < -0.39 is 17.9 Å². The van der Waals surface area contributed by atoms with Gasteiger partial charge in [0.2, 0.25) is 0 Å². The van der Waals surface area contributed by atoms with Crippen molar-refractivity contribution in [3.8, 4) is 11.5 Å². The fourth-order valence-electron chi connectivity index (χ4n) is 2.14. The maximum Gasteiger partial charge on any atom is 0.330 e. The Morgan fingerprint density at radius 1 is 1.11 bits per heavy atom. The molecule has 2 aromatic carbocycles. The number of ether oxygens (including phenoxy) is 1. The Balaban J connectivity index is 2.05. The van der Waals surface area contributed by atoms with Crippen LogP contribution in [0.25, 0.3) is 0 Å². The normalized spacial score (nSPS) is 12.6. The molecule has 2 rings (SSSR count). The Bertz CT molecular complexity index is 838. The molecule has 1 amide bonds. The van der Waals surface area contributed by atoms with Gasteiger partial charge < -0.3 is 15.2 Å². The Kier molecular flexibility index (Phi) is 6.64. The van der Waals surface area contributed by atoms with Crippen LogP contribution in [-0.2, 0) is 4.79 Å². The lowest BCUT2D eigenvalue weighted by Crippen LogP contribution is -2.39. The van der Waals surface area contributed by atoms with Crippen molar-refractivity contribution in [2.24, 2.45) is 5.41 Å². The van der Waals surface area contributed by atoms with Crippen molar-refractivity contribution < 1.29 is 19.4 Å². The van der Waals surface area contributed by atoms with Gasteiger partial charge in [-0.05, 0) is 47.9 Å². The second-order valence-electron chi connectivity index (χ2n) is 7.10. The minimum Gasteiger partial charge on any atom is -0.479 e. The summed E-state index contributed by atoms with van der Waals surface area (Å²) in [7, 11) is 0. The van der Waals surface area contributed by atoms with Gasteiger partial charge in [-0.15, -0.1) is 0 Å². The summed E-state index contributed by atoms with van der Waals surface area (Å²) in [6.45, 7) is 5.84. The average molecular weight is 388 g/mol. The topological polar surface area (TPSA) is 75.6 Å². The van der Waals surface area contributed by atoms with Crippen molar-refractivity contribution in [2.75, 3.05) is 0 Å². The number of halogens is 1. The van der Waals surface area contributed by atoms with Gasteiger partial charge in [0.05, 0.1) is 0 Å². The lowest BCUT2D eigenvalue weighted by atomic mass is 9.95. The van der Waals surface area contributed by atoms with Crippen molar-refractivity contribution in [3.63, 3.8) is 0 Å². The molecule has 1 atom stereocenters. The molecule has 2 N–H and O–H groups in total. The molecule has 0 aliphatic heterocycles. The van der Waals surface area contributed by atoms with E-state index in [-0.39, 0.29) is 5.41 Å². The number of rotatable bonds is 6. The number of hydrogen-bond acceptors (Lipinski definition) is 3. The van der Waals surface area contributed by atoms with Crippen LogP contribution in [0.15, 0.2) is 60.7 Å². The molecule has 5 nitrogen and oxygen atoms in total. The molecule has 142 valence electrons. The number of carbonyl (C=O) groups excluding carboxylic acids is 1. The van der Waals surface area contributed by atoms with E-state index in [1.54, 1.807) is 54.6 Å². The molecule has 0 radical (unpaired) electrons. The zero-order valence-corrected chi connectivity index (χ0v) is 16.2. The van der Waals surface area contributed by atoms with Crippen molar-refractivity contribution in [2.45, 2.75) is 26.8 Å². The minimum atomic E-state index is -1.12. The van der Waals surface area contributed by atoms with Crippen LogP contribution in [0.5, 0.6) is 11.5 Å². The van der Waals surface area contributed by atoms with Crippen molar-refractivity contribution >= 4 is 23.5 Å². The van der Waals surface area contributed by atoms with E-state index in [0.29, 0.717) is 22.1 Å². The lowest BCUT2D eigenvalue weighted by molar-refractivity contribution is -0.137. The fourth-order valence-corrected chi connectivity index (χ4v) is 2.32. The van der Waals surface area contributed by atoms with E-state index in [1.165, 1.54) is 6.08 Å². The number of amides is 1. The summed E-state index contributed by atoms with van der Waals surface area (Å²) in [6.07, 6.45) is 3.24. The molecule has 2 aromatic rings. The number of nitrogens with one attached hydrogen (secondary N) is 1. The Hall–Kier alpha value is -2.79. The molecular weight excluding hydrogens is 366 g/mol. The van der Waals surface area contributed by atoms with Crippen LogP contribution in [-0.4, -0.2) is 23.0 Å². The van der Waals surface area contributed by atoms with E-state index in [0.717, 1.165) is 0 Å². The highest BCUT2D eigenvalue weighted by Gasteiger charge is 2.19. The molecule has 0 bridgehead atoms. The number of allylic oxidation sites excluding steroid dienone is 1. The summed E-state index contributed by atoms with van der Waals surface area (Å²) in [5, 5.41) is 12.4. The van der Waals surface area contributed by atoms with Crippen LogP contribution in [0.2, 0.25) is 5.02 Å². The first-order valence-electron chi connectivity index (χ1n) is 8.40.